The number of aromatic nitrogens is 3. The van der Waals surface area contributed by atoms with E-state index in [1.54, 1.807) is 6.20 Å². The van der Waals surface area contributed by atoms with Gasteiger partial charge in [0.25, 0.3) is 0 Å². The van der Waals surface area contributed by atoms with Crippen molar-refractivity contribution in [1.29, 1.82) is 0 Å². The molecule has 0 aliphatic heterocycles. The largest absolute Gasteiger partial charge is 0.472 e. The van der Waals surface area contributed by atoms with Crippen molar-refractivity contribution in [2.24, 2.45) is 7.05 Å². The van der Waals surface area contributed by atoms with Crippen LogP contribution in [0.2, 0.25) is 5.15 Å². The lowest BCUT2D eigenvalue weighted by Crippen LogP contribution is -2.23. The van der Waals surface area contributed by atoms with E-state index in [2.05, 4.69) is 16.0 Å². The Balaban J connectivity index is 2.14. The third-order valence-corrected chi connectivity index (χ3v) is 3.45. The van der Waals surface area contributed by atoms with Crippen molar-refractivity contribution < 1.29 is 4.74 Å². The van der Waals surface area contributed by atoms with Gasteiger partial charge in [-0.3, -0.25) is 0 Å². The highest BCUT2D eigenvalue weighted by molar-refractivity contribution is 6.29. The van der Waals surface area contributed by atoms with Gasteiger partial charge in [0.2, 0.25) is 5.88 Å². The second-order valence-electron chi connectivity index (χ2n) is 6.25. The van der Waals surface area contributed by atoms with Crippen LogP contribution in [0, 0.1) is 0 Å². The lowest BCUT2D eigenvalue weighted by Gasteiger charge is -2.20. The number of halogens is 1. The predicted octanol–water partition coefficient (Wildman–Crippen LogP) is 4.47. The summed E-state index contributed by atoms with van der Waals surface area (Å²) < 4.78 is 7.84. The summed E-state index contributed by atoms with van der Waals surface area (Å²) in [6, 6.07) is 7.79. The van der Waals surface area contributed by atoms with Crippen molar-refractivity contribution in [2.75, 3.05) is 0 Å². The Morgan fingerprint density at radius 2 is 1.95 bits per heavy atom. The molecular formula is C17H18ClN3O. The molecule has 5 heteroatoms. The van der Waals surface area contributed by atoms with E-state index in [0.29, 0.717) is 11.0 Å². The summed E-state index contributed by atoms with van der Waals surface area (Å²) in [5.74, 6) is 0.524. The molecule has 22 heavy (non-hydrogen) atoms. The first-order valence-corrected chi connectivity index (χ1v) is 7.48. The molecule has 114 valence electrons. The SMILES string of the molecule is Cn1ccc2c(-c3cc(Cl)nc(OC(C)(C)C)c3)ccnc21. The fraction of sp³-hybridized carbons (Fsp3) is 0.294. The third kappa shape index (κ3) is 2.92. The molecular weight excluding hydrogens is 298 g/mol. The van der Waals surface area contributed by atoms with Gasteiger partial charge in [-0.05, 0) is 50.1 Å². The van der Waals surface area contributed by atoms with Crippen molar-refractivity contribution in [1.82, 2.24) is 14.5 Å². The van der Waals surface area contributed by atoms with Crippen LogP contribution in [0.1, 0.15) is 20.8 Å². The second-order valence-corrected chi connectivity index (χ2v) is 6.64. The summed E-state index contributed by atoms with van der Waals surface area (Å²) in [7, 11) is 1.98. The highest BCUT2D eigenvalue weighted by atomic mass is 35.5. The third-order valence-electron chi connectivity index (χ3n) is 3.26. The zero-order chi connectivity index (χ0) is 15.9. The van der Waals surface area contributed by atoms with E-state index in [1.165, 1.54) is 0 Å². The number of hydrogen-bond donors (Lipinski definition) is 0. The smallest absolute Gasteiger partial charge is 0.215 e. The maximum atomic E-state index is 6.17. The molecule has 3 heterocycles. The molecule has 0 saturated carbocycles. The van der Waals surface area contributed by atoms with Gasteiger partial charge in [0, 0.05) is 30.9 Å². The Bertz CT molecular complexity index is 834. The van der Waals surface area contributed by atoms with E-state index in [0.717, 1.165) is 22.2 Å². The fourth-order valence-electron chi connectivity index (χ4n) is 2.41. The minimum Gasteiger partial charge on any atom is -0.472 e. The number of ether oxygens (including phenoxy) is 1. The standard InChI is InChI=1S/C17H18ClN3O/c1-17(2,3)22-15-10-11(9-14(18)20-15)12-5-7-19-16-13(12)6-8-21(16)4/h5-10H,1-4H3. The molecule has 0 atom stereocenters. The van der Waals surface area contributed by atoms with Gasteiger partial charge in [0.05, 0.1) is 0 Å². The van der Waals surface area contributed by atoms with Crippen LogP contribution in [-0.2, 0) is 7.05 Å². The maximum absolute atomic E-state index is 6.17. The Kier molecular flexibility index (Phi) is 3.57. The summed E-state index contributed by atoms with van der Waals surface area (Å²) in [4.78, 5) is 8.67. The molecule has 3 aromatic rings. The molecule has 0 unspecified atom stereocenters. The normalized spacial score (nSPS) is 11.9. The fourth-order valence-corrected chi connectivity index (χ4v) is 2.61. The highest BCUT2D eigenvalue weighted by Gasteiger charge is 2.15. The summed E-state index contributed by atoms with van der Waals surface area (Å²) in [5, 5.41) is 1.49. The molecule has 0 spiro atoms. The zero-order valence-electron chi connectivity index (χ0n) is 13.1. The van der Waals surface area contributed by atoms with Crippen LogP contribution in [-0.4, -0.2) is 20.1 Å². The van der Waals surface area contributed by atoms with Crippen LogP contribution in [0.4, 0.5) is 0 Å². The molecule has 4 nitrogen and oxygen atoms in total. The molecule has 0 N–H and O–H groups in total. The average molecular weight is 316 g/mol. The van der Waals surface area contributed by atoms with Gasteiger partial charge in [-0.15, -0.1) is 0 Å². The van der Waals surface area contributed by atoms with Gasteiger partial charge in [0.1, 0.15) is 16.4 Å². The van der Waals surface area contributed by atoms with Crippen LogP contribution in [0.5, 0.6) is 5.88 Å². The van der Waals surface area contributed by atoms with Gasteiger partial charge in [0.15, 0.2) is 0 Å². The van der Waals surface area contributed by atoms with Crippen LogP contribution in [0.25, 0.3) is 22.2 Å². The van der Waals surface area contributed by atoms with Crippen molar-refractivity contribution in [3.63, 3.8) is 0 Å². The van der Waals surface area contributed by atoms with Crippen LogP contribution >= 0.6 is 11.6 Å². The Morgan fingerprint density at radius 1 is 1.18 bits per heavy atom. The Labute approximate surface area is 134 Å². The van der Waals surface area contributed by atoms with E-state index >= 15 is 0 Å². The van der Waals surface area contributed by atoms with Crippen molar-refractivity contribution >= 4 is 22.6 Å². The monoisotopic (exact) mass is 315 g/mol. The molecule has 0 amide bonds. The summed E-state index contributed by atoms with van der Waals surface area (Å²) in [5.41, 5.74) is 2.64. The first-order valence-electron chi connectivity index (χ1n) is 7.10. The van der Waals surface area contributed by atoms with E-state index in [1.807, 2.05) is 56.8 Å². The number of fused-ring (bicyclic) bond motifs is 1. The quantitative estimate of drug-likeness (QED) is 0.655. The Morgan fingerprint density at radius 3 is 2.68 bits per heavy atom. The number of hydrogen-bond acceptors (Lipinski definition) is 3. The zero-order valence-corrected chi connectivity index (χ0v) is 13.8. The topological polar surface area (TPSA) is 39.9 Å². The minimum absolute atomic E-state index is 0.324. The number of nitrogens with zero attached hydrogens (tertiary/aromatic N) is 3. The van der Waals surface area contributed by atoms with Gasteiger partial charge in [-0.1, -0.05) is 11.6 Å². The van der Waals surface area contributed by atoms with E-state index < -0.39 is 0 Å². The molecule has 0 saturated heterocycles. The lowest BCUT2D eigenvalue weighted by molar-refractivity contribution is 0.124. The van der Waals surface area contributed by atoms with E-state index in [9.17, 15) is 0 Å². The molecule has 3 rings (SSSR count). The number of pyridine rings is 2. The summed E-state index contributed by atoms with van der Waals surface area (Å²) in [6.07, 6.45) is 3.80. The van der Waals surface area contributed by atoms with Crippen LogP contribution < -0.4 is 4.74 Å². The molecule has 0 bridgehead atoms. The van der Waals surface area contributed by atoms with Crippen molar-refractivity contribution in [3.8, 4) is 17.0 Å². The van der Waals surface area contributed by atoms with Crippen molar-refractivity contribution in [2.45, 2.75) is 26.4 Å². The molecule has 0 aliphatic rings. The Hall–Kier alpha value is -2.07. The van der Waals surface area contributed by atoms with Crippen LogP contribution in [0.15, 0.2) is 36.7 Å². The van der Waals surface area contributed by atoms with E-state index in [-0.39, 0.29) is 5.60 Å². The lowest BCUT2D eigenvalue weighted by atomic mass is 10.1. The first kappa shape index (κ1) is 14.9. The molecule has 0 radical (unpaired) electrons. The van der Waals surface area contributed by atoms with Gasteiger partial charge in [-0.25, -0.2) is 9.97 Å². The van der Waals surface area contributed by atoms with E-state index in [4.69, 9.17) is 16.3 Å². The van der Waals surface area contributed by atoms with Gasteiger partial charge < -0.3 is 9.30 Å². The first-order chi connectivity index (χ1) is 10.3. The van der Waals surface area contributed by atoms with Gasteiger partial charge in [-0.2, -0.15) is 0 Å². The maximum Gasteiger partial charge on any atom is 0.215 e. The summed E-state index contributed by atoms with van der Waals surface area (Å²) in [6.45, 7) is 5.95. The number of aryl methyl sites for hydroxylation is 1. The molecule has 0 aromatic carbocycles. The molecule has 3 aromatic heterocycles. The average Bonchev–Trinajstić information content (AvgIpc) is 2.78. The van der Waals surface area contributed by atoms with Crippen molar-refractivity contribution in [3.05, 3.63) is 41.8 Å². The second kappa shape index (κ2) is 5.29. The summed E-state index contributed by atoms with van der Waals surface area (Å²) >= 11 is 6.17. The highest BCUT2D eigenvalue weighted by Crippen LogP contribution is 2.32. The predicted molar refractivity (Wildman–Crippen MR) is 89.3 cm³/mol. The van der Waals surface area contributed by atoms with Crippen LogP contribution in [0.3, 0.4) is 0 Å². The molecule has 0 fully saturated rings. The van der Waals surface area contributed by atoms with Gasteiger partial charge >= 0.3 is 0 Å². The molecule has 0 aliphatic carbocycles. The number of rotatable bonds is 2. The minimum atomic E-state index is -0.324.